The van der Waals surface area contributed by atoms with E-state index in [1.807, 2.05) is 0 Å². The van der Waals surface area contributed by atoms with E-state index in [-0.39, 0.29) is 11.9 Å². The minimum absolute atomic E-state index is 0.202. The predicted molar refractivity (Wildman–Crippen MR) is 66.5 cm³/mol. The molecule has 0 heterocycles. The Kier molecular flexibility index (Phi) is 4.37. The van der Waals surface area contributed by atoms with Crippen LogP contribution < -0.4 is 5.32 Å². The second-order valence-corrected chi connectivity index (χ2v) is 5.06. The standard InChI is InChI=1S/C13H17ClFNO/c14-11-4-5-12(15)10(6-11)8-16-7-9-2-1-3-13(9)17/h4-6,9,13,16-17H,1-3,7-8H2. The first kappa shape index (κ1) is 12.8. The topological polar surface area (TPSA) is 32.3 Å². The van der Waals surface area contributed by atoms with Crippen LogP contribution in [0.25, 0.3) is 0 Å². The monoisotopic (exact) mass is 257 g/mol. The van der Waals surface area contributed by atoms with Crippen molar-refractivity contribution in [2.75, 3.05) is 6.54 Å². The molecule has 1 saturated carbocycles. The molecule has 17 heavy (non-hydrogen) atoms. The zero-order valence-corrected chi connectivity index (χ0v) is 10.4. The molecule has 0 aromatic heterocycles. The first-order valence-corrected chi connectivity index (χ1v) is 6.37. The number of nitrogens with one attached hydrogen (secondary N) is 1. The summed E-state index contributed by atoms with van der Waals surface area (Å²) in [5.41, 5.74) is 0.574. The average Bonchev–Trinajstić information content (AvgIpc) is 2.70. The number of aliphatic hydroxyl groups excluding tert-OH is 1. The fraction of sp³-hybridized carbons (Fsp3) is 0.538. The maximum absolute atomic E-state index is 13.4. The number of halogens is 2. The Hall–Kier alpha value is -0.640. The Morgan fingerprint density at radius 2 is 2.24 bits per heavy atom. The highest BCUT2D eigenvalue weighted by Gasteiger charge is 2.24. The summed E-state index contributed by atoms with van der Waals surface area (Å²) >= 11 is 5.81. The van der Waals surface area contributed by atoms with E-state index in [9.17, 15) is 9.50 Å². The van der Waals surface area contributed by atoms with Crippen molar-refractivity contribution in [1.82, 2.24) is 5.32 Å². The number of benzene rings is 1. The smallest absolute Gasteiger partial charge is 0.127 e. The van der Waals surface area contributed by atoms with Crippen LogP contribution in [-0.2, 0) is 6.54 Å². The van der Waals surface area contributed by atoms with Crippen molar-refractivity contribution in [1.29, 1.82) is 0 Å². The van der Waals surface area contributed by atoms with Crippen LogP contribution >= 0.6 is 11.6 Å². The van der Waals surface area contributed by atoms with Gasteiger partial charge in [-0.15, -0.1) is 0 Å². The van der Waals surface area contributed by atoms with E-state index in [0.717, 1.165) is 25.8 Å². The highest BCUT2D eigenvalue weighted by molar-refractivity contribution is 6.30. The third kappa shape index (κ3) is 3.41. The predicted octanol–water partition coefficient (Wildman–Crippen LogP) is 2.73. The van der Waals surface area contributed by atoms with Crippen molar-refractivity contribution < 1.29 is 9.50 Å². The van der Waals surface area contributed by atoms with Gasteiger partial charge in [0.15, 0.2) is 0 Å². The van der Waals surface area contributed by atoms with Crippen molar-refractivity contribution in [3.05, 3.63) is 34.6 Å². The molecule has 2 nitrogen and oxygen atoms in total. The third-order valence-electron chi connectivity index (χ3n) is 3.35. The second-order valence-electron chi connectivity index (χ2n) is 4.62. The fourth-order valence-electron chi connectivity index (χ4n) is 2.33. The van der Waals surface area contributed by atoms with Crippen LogP contribution in [0.4, 0.5) is 4.39 Å². The fourth-order valence-corrected chi connectivity index (χ4v) is 2.52. The minimum Gasteiger partial charge on any atom is -0.393 e. The van der Waals surface area contributed by atoms with E-state index >= 15 is 0 Å². The largest absolute Gasteiger partial charge is 0.393 e. The molecule has 2 unspecified atom stereocenters. The van der Waals surface area contributed by atoms with E-state index in [2.05, 4.69) is 5.32 Å². The lowest BCUT2D eigenvalue weighted by Gasteiger charge is -2.15. The van der Waals surface area contributed by atoms with Gasteiger partial charge in [-0.25, -0.2) is 4.39 Å². The summed E-state index contributed by atoms with van der Waals surface area (Å²) in [4.78, 5) is 0. The molecule has 1 aromatic rings. The molecule has 4 heteroatoms. The molecule has 0 amide bonds. The second kappa shape index (κ2) is 5.80. The van der Waals surface area contributed by atoms with Crippen LogP contribution in [0.1, 0.15) is 24.8 Å². The van der Waals surface area contributed by atoms with Crippen molar-refractivity contribution in [3.8, 4) is 0 Å². The molecular weight excluding hydrogens is 241 g/mol. The molecule has 1 aliphatic carbocycles. The van der Waals surface area contributed by atoms with Gasteiger partial charge in [0.25, 0.3) is 0 Å². The first-order valence-electron chi connectivity index (χ1n) is 5.99. The van der Waals surface area contributed by atoms with E-state index in [1.165, 1.54) is 6.07 Å². The quantitative estimate of drug-likeness (QED) is 0.869. The molecule has 1 fully saturated rings. The van der Waals surface area contributed by atoms with E-state index in [4.69, 9.17) is 11.6 Å². The zero-order valence-electron chi connectivity index (χ0n) is 9.63. The Labute approximate surface area is 106 Å². The molecule has 0 aliphatic heterocycles. The van der Waals surface area contributed by atoms with Crippen molar-refractivity contribution in [3.63, 3.8) is 0 Å². The molecule has 2 atom stereocenters. The maximum Gasteiger partial charge on any atom is 0.127 e. The summed E-state index contributed by atoms with van der Waals surface area (Å²) in [7, 11) is 0. The molecule has 2 N–H and O–H groups in total. The molecule has 0 radical (unpaired) electrons. The first-order chi connectivity index (χ1) is 8.16. The summed E-state index contributed by atoms with van der Waals surface area (Å²) < 4.78 is 13.4. The van der Waals surface area contributed by atoms with Crippen LogP contribution in [0.3, 0.4) is 0 Å². The summed E-state index contributed by atoms with van der Waals surface area (Å²) in [5.74, 6) is 0.0612. The van der Waals surface area contributed by atoms with Crippen LogP contribution in [0.2, 0.25) is 5.02 Å². The summed E-state index contributed by atoms with van der Waals surface area (Å²) in [6.07, 6.45) is 2.81. The van der Waals surface area contributed by atoms with Crippen molar-refractivity contribution in [2.45, 2.75) is 31.9 Å². The van der Waals surface area contributed by atoms with E-state index in [1.54, 1.807) is 12.1 Å². The minimum atomic E-state index is -0.242. The van der Waals surface area contributed by atoms with Gasteiger partial charge in [0.1, 0.15) is 5.82 Å². The van der Waals surface area contributed by atoms with Crippen LogP contribution in [-0.4, -0.2) is 17.8 Å². The van der Waals surface area contributed by atoms with Gasteiger partial charge in [-0.2, -0.15) is 0 Å². The summed E-state index contributed by atoms with van der Waals surface area (Å²) in [6.45, 7) is 1.18. The lowest BCUT2D eigenvalue weighted by atomic mass is 10.1. The maximum atomic E-state index is 13.4. The van der Waals surface area contributed by atoms with Crippen molar-refractivity contribution >= 4 is 11.6 Å². The normalized spacial score (nSPS) is 24.2. The molecule has 0 bridgehead atoms. The van der Waals surface area contributed by atoms with Crippen LogP contribution in [0.15, 0.2) is 18.2 Å². The van der Waals surface area contributed by atoms with Gasteiger partial charge in [-0.05, 0) is 37.0 Å². The van der Waals surface area contributed by atoms with Gasteiger partial charge < -0.3 is 10.4 Å². The highest BCUT2D eigenvalue weighted by Crippen LogP contribution is 2.24. The molecule has 0 spiro atoms. The third-order valence-corrected chi connectivity index (χ3v) is 3.58. The molecule has 1 aromatic carbocycles. The molecule has 0 saturated heterocycles. The molecule has 94 valence electrons. The van der Waals surface area contributed by atoms with Gasteiger partial charge in [-0.1, -0.05) is 18.0 Å². The number of aliphatic hydroxyl groups is 1. The van der Waals surface area contributed by atoms with Crippen LogP contribution in [0, 0.1) is 11.7 Å². The van der Waals surface area contributed by atoms with E-state index < -0.39 is 0 Å². The number of rotatable bonds is 4. The van der Waals surface area contributed by atoms with Crippen molar-refractivity contribution in [2.24, 2.45) is 5.92 Å². The highest BCUT2D eigenvalue weighted by atomic mass is 35.5. The Bertz CT molecular complexity index is 386. The summed E-state index contributed by atoms with van der Waals surface area (Å²) in [6, 6.07) is 4.56. The molecule has 1 aliphatic rings. The molecule has 2 rings (SSSR count). The van der Waals surface area contributed by atoms with Gasteiger partial charge in [0.05, 0.1) is 6.10 Å². The van der Waals surface area contributed by atoms with Crippen LogP contribution in [0.5, 0.6) is 0 Å². The van der Waals surface area contributed by atoms with Gasteiger partial charge in [0, 0.05) is 23.7 Å². The van der Waals surface area contributed by atoms with E-state index in [0.29, 0.717) is 23.0 Å². The lowest BCUT2D eigenvalue weighted by molar-refractivity contribution is 0.131. The zero-order chi connectivity index (χ0) is 12.3. The summed E-state index contributed by atoms with van der Waals surface area (Å²) in [5, 5.41) is 13.4. The SMILES string of the molecule is OC1CCCC1CNCc1cc(Cl)ccc1F. The Balaban J connectivity index is 1.83. The lowest BCUT2D eigenvalue weighted by Crippen LogP contribution is -2.27. The number of hydrogen-bond donors (Lipinski definition) is 2. The average molecular weight is 258 g/mol. The van der Waals surface area contributed by atoms with Gasteiger partial charge in [-0.3, -0.25) is 0 Å². The van der Waals surface area contributed by atoms with Gasteiger partial charge >= 0.3 is 0 Å². The number of hydrogen-bond acceptors (Lipinski definition) is 2. The Morgan fingerprint density at radius 1 is 1.41 bits per heavy atom. The molecular formula is C13H17ClFNO. The van der Waals surface area contributed by atoms with Gasteiger partial charge in [0.2, 0.25) is 0 Å². The Morgan fingerprint density at radius 3 is 2.94 bits per heavy atom.